The Bertz CT molecular complexity index is 1010. The largest absolute Gasteiger partial charge is 0.506 e. The maximum Gasteiger partial charge on any atom is 0.418 e. The molecule has 0 aromatic carbocycles. The van der Waals surface area contributed by atoms with Crippen molar-refractivity contribution in [1.82, 2.24) is 20.2 Å². The number of aromatic nitrogens is 4. The van der Waals surface area contributed by atoms with Crippen molar-refractivity contribution in [1.29, 1.82) is 0 Å². The summed E-state index contributed by atoms with van der Waals surface area (Å²) in [6, 6.07) is 2.34. The summed E-state index contributed by atoms with van der Waals surface area (Å²) in [6.07, 6.45) is -1.17. The molecule has 1 aliphatic carbocycles. The van der Waals surface area contributed by atoms with Crippen LogP contribution in [-0.2, 0) is 6.18 Å². The molecule has 7 nitrogen and oxygen atoms in total. The summed E-state index contributed by atoms with van der Waals surface area (Å²) in [4.78, 5) is 6.75. The zero-order chi connectivity index (χ0) is 19.4. The summed E-state index contributed by atoms with van der Waals surface area (Å²) < 4.78 is 38.3. The molecule has 0 spiro atoms. The van der Waals surface area contributed by atoms with E-state index in [4.69, 9.17) is 0 Å². The maximum absolute atomic E-state index is 12.8. The fraction of sp³-hybridized carbons (Fsp3) is 0.353. The number of aromatic hydroxyl groups is 1. The normalized spacial score (nSPS) is 22.6. The third-order valence-corrected chi connectivity index (χ3v) is 4.62. The van der Waals surface area contributed by atoms with Crippen molar-refractivity contribution in [2.45, 2.75) is 37.6 Å². The lowest BCUT2D eigenvalue weighted by Crippen LogP contribution is -2.48. The molecule has 27 heavy (non-hydrogen) atoms. The number of H-pyrrole nitrogens is 1. The Labute approximate surface area is 151 Å². The molecule has 0 amide bonds. The molecule has 1 aliphatic rings. The predicted molar refractivity (Wildman–Crippen MR) is 91.1 cm³/mol. The van der Waals surface area contributed by atoms with Crippen LogP contribution in [0.1, 0.15) is 25.3 Å². The van der Waals surface area contributed by atoms with E-state index in [0.29, 0.717) is 41.8 Å². The lowest BCUT2D eigenvalue weighted by atomic mass is 9.77. The minimum Gasteiger partial charge on any atom is -0.506 e. The molecule has 0 bridgehead atoms. The molecular formula is C17H16F3N5O2. The van der Waals surface area contributed by atoms with Gasteiger partial charge in [-0.2, -0.15) is 13.2 Å². The number of hydrogen-bond acceptors (Lipinski definition) is 6. The van der Waals surface area contributed by atoms with Crippen molar-refractivity contribution in [3.05, 3.63) is 30.1 Å². The lowest BCUT2D eigenvalue weighted by Gasteiger charge is -2.41. The van der Waals surface area contributed by atoms with Gasteiger partial charge in [0.25, 0.3) is 0 Å². The van der Waals surface area contributed by atoms with Gasteiger partial charge in [0.05, 0.1) is 16.7 Å². The van der Waals surface area contributed by atoms with Crippen LogP contribution in [0.2, 0.25) is 0 Å². The Hall–Kier alpha value is -2.88. The van der Waals surface area contributed by atoms with E-state index in [-0.39, 0.29) is 17.4 Å². The van der Waals surface area contributed by atoms with Crippen molar-refractivity contribution >= 4 is 16.7 Å². The Morgan fingerprint density at radius 2 is 2.00 bits per heavy atom. The summed E-state index contributed by atoms with van der Waals surface area (Å²) in [7, 11) is 0. The van der Waals surface area contributed by atoms with Gasteiger partial charge in [-0.05, 0) is 31.9 Å². The van der Waals surface area contributed by atoms with E-state index >= 15 is 0 Å². The molecule has 0 saturated heterocycles. The van der Waals surface area contributed by atoms with E-state index in [1.54, 1.807) is 19.2 Å². The number of anilines is 1. The maximum atomic E-state index is 12.8. The van der Waals surface area contributed by atoms with Gasteiger partial charge in [0.2, 0.25) is 0 Å². The van der Waals surface area contributed by atoms with E-state index in [0.717, 1.165) is 0 Å². The molecule has 0 radical (unpaired) electrons. The average Bonchev–Trinajstić information content (AvgIpc) is 3.03. The number of aromatic amines is 1. The second-order valence-corrected chi connectivity index (χ2v) is 7.00. The number of fused-ring (bicyclic) bond motifs is 1. The highest BCUT2D eigenvalue weighted by molar-refractivity contribution is 5.98. The molecule has 0 atom stereocenters. The second kappa shape index (κ2) is 5.81. The third-order valence-electron chi connectivity index (χ3n) is 4.62. The van der Waals surface area contributed by atoms with Gasteiger partial charge in [-0.1, -0.05) is 0 Å². The number of pyridine rings is 1. The first-order valence-corrected chi connectivity index (χ1v) is 8.23. The van der Waals surface area contributed by atoms with Crippen LogP contribution in [-0.4, -0.2) is 42.0 Å². The average molecular weight is 379 g/mol. The van der Waals surface area contributed by atoms with Crippen LogP contribution in [0.3, 0.4) is 0 Å². The van der Waals surface area contributed by atoms with Gasteiger partial charge in [-0.15, -0.1) is 10.2 Å². The molecule has 0 unspecified atom stereocenters. The number of alkyl halides is 3. The number of nitrogens with one attached hydrogen (secondary N) is 2. The van der Waals surface area contributed by atoms with Gasteiger partial charge in [0, 0.05) is 23.8 Å². The zero-order valence-corrected chi connectivity index (χ0v) is 14.2. The summed E-state index contributed by atoms with van der Waals surface area (Å²) in [6.45, 7) is 1.75. The number of aliphatic hydroxyl groups is 1. The van der Waals surface area contributed by atoms with Crippen LogP contribution in [0.15, 0.2) is 24.5 Å². The van der Waals surface area contributed by atoms with E-state index in [1.807, 2.05) is 0 Å². The monoisotopic (exact) mass is 379 g/mol. The van der Waals surface area contributed by atoms with Crippen LogP contribution in [0, 0.1) is 0 Å². The first-order valence-electron chi connectivity index (χ1n) is 8.23. The Morgan fingerprint density at radius 3 is 2.63 bits per heavy atom. The molecule has 3 heterocycles. The Morgan fingerprint density at radius 1 is 1.26 bits per heavy atom. The van der Waals surface area contributed by atoms with E-state index in [9.17, 15) is 23.4 Å². The molecule has 3 aromatic heterocycles. The van der Waals surface area contributed by atoms with Crippen LogP contribution in [0.4, 0.5) is 19.0 Å². The summed E-state index contributed by atoms with van der Waals surface area (Å²) in [5.74, 6) is -0.164. The highest BCUT2D eigenvalue weighted by Crippen LogP contribution is 2.38. The molecule has 1 saturated carbocycles. The second-order valence-electron chi connectivity index (χ2n) is 7.00. The molecule has 1 fully saturated rings. The SMILES string of the molecule is CC1(O)CC(Nc2nnc(-c3ncc(C(F)(F)F)cc3O)c3cc[nH]c23)C1. The van der Waals surface area contributed by atoms with Crippen molar-refractivity contribution in [3.63, 3.8) is 0 Å². The van der Waals surface area contributed by atoms with Crippen molar-refractivity contribution in [2.24, 2.45) is 0 Å². The molecular weight excluding hydrogens is 363 g/mol. The zero-order valence-electron chi connectivity index (χ0n) is 14.2. The fourth-order valence-corrected chi connectivity index (χ4v) is 3.33. The van der Waals surface area contributed by atoms with Gasteiger partial charge in [-0.3, -0.25) is 0 Å². The van der Waals surface area contributed by atoms with Gasteiger partial charge < -0.3 is 20.5 Å². The van der Waals surface area contributed by atoms with Crippen molar-refractivity contribution in [3.8, 4) is 17.1 Å². The highest BCUT2D eigenvalue weighted by Gasteiger charge is 2.39. The minimum absolute atomic E-state index is 0.0456. The van der Waals surface area contributed by atoms with Gasteiger partial charge in [-0.25, -0.2) is 4.98 Å². The van der Waals surface area contributed by atoms with E-state index in [2.05, 4.69) is 25.5 Å². The third kappa shape index (κ3) is 3.16. The number of halogens is 3. The summed E-state index contributed by atoms with van der Waals surface area (Å²) >= 11 is 0. The first kappa shape index (κ1) is 17.5. The minimum atomic E-state index is -4.60. The molecule has 3 aromatic rings. The topological polar surface area (TPSA) is 107 Å². The fourth-order valence-electron chi connectivity index (χ4n) is 3.33. The van der Waals surface area contributed by atoms with Gasteiger partial charge >= 0.3 is 6.18 Å². The van der Waals surface area contributed by atoms with Crippen LogP contribution in [0.25, 0.3) is 22.3 Å². The first-order chi connectivity index (χ1) is 12.6. The molecule has 0 aliphatic heterocycles. The lowest BCUT2D eigenvalue weighted by molar-refractivity contribution is -0.137. The van der Waals surface area contributed by atoms with Crippen LogP contribution < -0.4 is 5.32 Å². The highest BCUT2D eigenvalue weighted by atomic mass is 19.4. The van der Waals surface area contributed by atoms with Gasteiger partial charge in [0.1, 0.15) is 17.1 Å². The van der Waals surface area contributed by atoms with Crippen molar-refractivity contribution in [2.75, 3.05) is 5.32 Å². The molecule has 4 N–H and O–H groups in total. The Kier molecular flexibility index (Phi) is 3.77. The van der Waals surface area contributed by atoms with E-state index < -0.39 is 23.1 Å². The van der Waals surface area contributed by atoms with Crippen molar-refractivity contribution < 1.29 is 23.4 Å². The van der Waals surface area contributed by atoms with E-state index in [1.165, 1.54) is 0 Å². The quantitative estimate of drug-likeness (QED) is 0.557. The van der Waals surface area contributed by atoms with Crippen LogP contribution >= 0.6 is 0 Å². The summed E-state index contributed by atoms with van der Waals surface area (Å²) in [5.41, 5.74) is -1.07. The molecule has 142 valence electrons. The number of rotatable bonds is 3. The predicted octanol–water partition coefficient (Wildman–Crippen LogP) is 3.07. The smallest absolute Gasteiger partial charge is 0.418 e. The summed E-state index contributed by atoms with van der Waals surface area (Å²) in [5, 5.41) is 31.8. The number of nitrogens with zero attached hydrogens (tertiary/aromatic N) is 3. The molecule has 4 rings (SSSR count). The van der Waals surface area contributed by atoms with Crippen LogP contribution in [0.5, 0.6) is 5.75 Å². The molecule has 10 heteroatoms. The number of hydrogen-bond donors (Lipinski definition) is 4. The standard InChI is InChI=1S/C17H16F3N5O2/c1-16(27)5-9(6-16)23-15-13-10(2-3-21-13)12(24-25-15)14-11(26)4-8(7-22-14)17(18,19)20/h2-4,7,9,21,26-27H,5-6H2,1H3,(H,23,25). The Balaban J connectivity index is 1.70. The van der Waals surface area contributed by atoms with Gasteiger partial charge in [0.15, 0.2) is 5.82 Å².